The quantitative estimate of drug-likeness (QED) is 0.0145. The number of hydrogen-bond acceptors (Lipinski definition) is 17. The van der Waals surface area contributed by atoms with Crippen molar-refractivity contribution in [3.63, 3.8) is 0 Å². The Morgan fingerprint density at radius 3 is 1.34 bits per heavy atom. The Kier molecular flexibility index (Phi) is 25.9. The van der Waals surface area contributed by atoms with Crippen LogP contribution in [0.5, 0.6) is 11.5 Å². The minimum atomic E-state index is -0.788. The van der Waals surface area contributed by atoms with Crippen LogP contribution in [-0.2, 0) is 80.2 Å². The molecule has 516 valence electrons. The lowest BCUT2D eigenvalue weighted by molar-refractivity contribution is -1.08. The highest BCUT2D eigenvalue weighted by molar-refractivity contribution is 14.1. The smallest absolute Gasteiger partial charge is 0.355 e. The van der Waals surface area contributed by atoms with Crippen molar-refractivity contribution in [2.24, 2.45) is 47.0 Å². The average molecular weight is 1540 g/mol. The predicted octanol–water partition coefficient (Wildman–Crippen LogP) is 5.11. The van der Waals surface area contributed by atoms with Gasteiger partial charge in [-0.2, -0.15) is 9.78 Å². The zero-order valence-corrected chi connectivity index (χ0v) is 59.6. The lowest BCUT2D eigenvalue weighted by Crippen LogP contribution is -2.76. The fraction of sp³-hybridized carbons (Fsp3) is 0.536. The summed E-state index contributed by atoms with van der Waals surface area (Å²) in [6, 6.07) is 11.5. The van der Waals surface area contributed by atoms with Crippen molar-refractivity contribution in [3.8, 4) is 11.5 Å². The molecule has 6 unspecified atom stereocenters. The number of nitrogens with zero attached hydrogens (tertiary/aromatic N) is 6. The molecule has 24 nitrogen and oxygen atoms in total. The van der Waals surface area contributed by atoms with Crippen molar-refractivity contribution in [2.75, 3.05) is 138 Å². The highest BCUT2D eigenvalue weighted by Gasteiger charge is 2.63. The van der Waals surface area contributed by atoms with Gasteiger partial charge in [0.2, 0.25) is 11.8 Å². The number of primary amides is 2. The van der Waals surface area contributed by atoms with E-state index in [0.717, 1.165) is 136 Å². The Morgan fingerprint density at radius 2 is 0.958 bits per heavy atom. The summed E-state index contributed by atoms with van der Waals surface area (Å²) in [4.78, 5) is 125. The van der Waals surface area contributed by atoms with Crippen LogP contribution in [0.4, 0.5) is 0 Å². The first-order valence-electron chi connectivity index (χ1n) is 32.6. The molecule has 0 aromatic heterocycles. The molecule has 0 saturated carbocycles. The molecule has 0 radical (unpaired) electrons. The molecule has 8 atom stereocenters. The van der Waals surface area contributed by atoms with Crippen LogP contribution in [0.25, 0.3) is 0 Å². The van der Waals surface area contributed by atoms with Gasteiger partial charge >= 0.3 is 23.9 Å². The number of piperazine rings is 6. The number of halogens is 2. The molecule has 2 aromatic rings. The average Bonchev–Trinajstić information content (AvgIpc) is 1.57. The summed E-state index contributed by atoms with van der Waals surface area (Å²) in [5.74, 6) is -5.60. The second kappa shape index (κ2) is 33.1. The van der Waals surface area contributed by atoms with E-state index in [-0.39, 0.29) is 86.5 Å². The lowest BCUT2D eigenvalue weighted by Gasteiger charge is -2.55. The Hall–Kier alpha value is -6.54. The van der Waals surface area contributed by atoms with E-state index in [1.54, 1.807) is 13.8 Å². The molecular formula is C69H93I2N8O16+3. The lowest BCUT2D eigenvalue weighted by atomic mass is 9.74. The Balaban J connectivity index is 0.000000211. The Labute approximate surface area is 584 Å². The van der Waals surface area contributed by atoms with Crippen LogP contribution in [0.15, 0.2) is 110 Å². The number of ether oxygens (including phenoxy) is 4. The summed E-state index contributed by atoms with van der Waals surface area (Å²) >= 11 is 4.45. The molecule has 4 N–H and O–H groups in total. The number of aryl methyl sites for hydroxylation is 1. The molecular weight excluding hydrogens is 1450 g/mol. The van der Waals surface area contributed by atoms with Gasteiger partial charge in [0, 0.05) is 49.0 Å². The van der Waals surface area contributed by atoms with Crippen LogP contribution in [-0.4, -0.2) is 226 Å². The van der Waals surface area contributed by atoms with Crippen LogP contribution >= 0.6 is 45.2 Å². The van der Waals surface area contributed by atoms with Crippen molar-refractivity contribution in [2.45, 2.75) is 66.0 Å². The molecule has 10 aliphatic rings. The van der Waals surface area contributed by atoms with Gasteiger partial charge in [-0.05, 0) is 87.0 Å². The molecule has 10 heterocycles. The van der Waals surface area contributed by atoms with E-state index in [1.807, 2.05) is 32.0 Å². The molecule has 4 bridgehead atoms. The monoisotopic (exact) mass is 1540 g/mol. The van der Waals surface area contributed by atoms with E-state index in [9.17, 15) is 38.4 Å². The van der Waals surface area contributed by atoms with Gasteiger partial charge in [0.05, 0.1) is 69.1 Å². The number of amides is 4. The first-order valence-corrected chi connectivity index (χ1v) is 34.8. The molecule has 0 spiro atoms. The van der Waals surface area contributed by atoms with Gasteiger partial charge in [-0.1, -0.05) is 90.6 Å². The summed E-state index contributed by atoms with van der Waals surface area (Å²) in [5.41, 5.74) is 14.7. The largest absolute Gasteiger partial charge is 0.488 e. The van der Waals surface area contributed by atoms with E-state index >= 15 is 0 Å². The fourth-order valence-corrected chi connectivity index (χ4v) is 15.5. The number of rotatable bonds is 31. The molecule has 26 heteroatoms. The van der Waals surface area contributed by atoms with E-state index in [4.69, 9.17) is 50.0 Å². The van der Waals surface area contributed by atoms with Gasteiger partial charge in [0.25, 0.3) is 11.8 Å². The molecule has 8 saturated heterocycles. The minimum Gasteiger partial charge on any atom is -0.488 e. The van der Waals surface area contributed by atoms with E-state index in [0.29, 0.717) is 35.7 Å². The van der Waals surface area contributed by atoms with E-state index < -0.39 is 59.6 Å². The van der Waals surface area contributed by atoms with E-state index in [2.05, 4.69) is 102 Å². The number of quaternary nitrogens is 3. The van der Waals surface area contributed by atoms with Crippen molar-refractivity contribution in [1.82, 2.24) is 14.7 Å². The van der Waals surface area contributed by atoms with Crippen LogP contribution < -0.4 is 20.9 Å². The zero-order valence-electron chi connectivity index (χ0n) is 55.3. The normalized spacial score (nSPS) is 27.1. The van der Waals surface area contributed by atoms with Crippen LogP contribution in [0.2, 0.25) is 0 Å². The van der Waals surface area contributed by atoms with Gasteiger partial charge in [-0.25, -0.2) is 19.2 Å². The van der Waals surface area contributed by atoms with E-state index in [1.165, 1.54) is 34.1 Å². The summed E-state index contributed by atoms with van der Waals surface area (Å²) in [6.45, 7) is 38.6. The first kappa shape index (κ1) is 74.3. The van der Waals surface area contributed by atoms with Crippen LogP contribution in [0.1, 0.15) is 52.2 Å². The number of fused-ring (bicyclic) bond motifs is 8. The highest BCUT2D eigenvalue weighted by Crippen LogP contribution is 2.51. The number of benzene rings is 2. The third kappa shape index (κ3) is 17.1. The molecule has 8 fully saturated rings. The van der Waals surface area contributed by atoms with Gasteiger partial charge in [-0.3, -0.25) is 33.9 Å². The number of β-lactam (4-membered cyclic amide) rings is 2. The van der Waals surface area contributed by atoms with Crippen molar-refractivity contribution >= 4 is 92.7 Å². The highest BCUT2D eigenvalue weighted by atomic mass is 127. The van der Waals surface area contributed by atoms with Gasteiger partial charge in [-0.15, -0.1) is 13.2 Å². The second-order valence-corrected chi connectivity index (χ2v) is 28.4. The number of nitrogens with two attached hydrogens (primary N) is 2. The summed E-state index contributed by atoms with van der Waals surface area (Å²) in [7, 11) is 0. The summed E-state index contributed by atoms with van der Waals surface area (Å²) in [6.07, 6.45) is 8.67. The summed E-state index contributed by atoms with van der Waals surface area (Å²) < 4.78 is 28.0. The Bertz CT molecular complexity index is 3290. The third-order valence-electron chi connectivity index (χ3n) is 20.1. The molecule has 2 aromatic carbocycles. The third-order valence-corrected chi connectivity index (χ3v) is 21.9. The molecule has 0 aliphatic carbocycles. The fourth-order valence-electron chi connectivity index (χ4n) is 14.6. The molecule has 12 rings (SSSR count). The molecule has 4 amide bonds. The van der Waals surface area contributed by atoms with Gasteiger partial charge in [0.15, 0.2) is 13.1 Å². The number of hydrogen-bond donors (Lipinski definition) is 2. The maximum atomic E-state index is 13.4. The maximum Gasteiger partial charge on any atom is 0.355 e. The molecule has 10 aliphatic heterocycles. The maximum absolute atomic E-state index is 13.4. The van der Waals surface area contributed by atoms with Crippen molar-refractivity contribution in [1.29, 1.82) is 0 Å². The second-order valence-electron chi connectivity index (χ2n) is 26.0. The first-order chi connectivity index (χ1) is 45.4. The number of carbonyl (C=O) groups excluding carboxylic acids is 8. The van der Waals surface area contributed by atoms with Crippen molar-refractivity contribution < 1.29 is 90.3 Å². The van der Waals surface area contributed by atoms with Gasteiger partial charge in [0.1, 0.15) is 102 Å². The predicted molar refractivity (Wildman–Crippen MR) is 367 cm³/mol. The SMILES string of the molecule is C=CCOOC(=O)C(C)C1C(=O)N2C(C(=O)OCC=C)=C(COc3cc(CCC)ccc3I)[C@H](C)C12.C=CCOOC(=O)C(C)C1C(=O)N2C(C(=O)OCC=C)=C(COc3cc(CC[N+]45CC[N+](CC(N)=O)(CC4)CC5)ccc3I)[C@H](C)C12.NC(=O)C[N+]12CCN(CC1)CC2. The van der Waals surface area contributed by atoms with Crippen molar-refractivity contribution in [3.05, 3.63) is 128 Å². The topological polar surface area (TPSA) is 272 Å². The Morgan fingerprint density at radius 1 is 0.579 bits per heavy atom. The standard InChI is InChI=1S/C34H44IN4O8.C27H32INO7.C8H15N3O/c1-5-17-44-34(43)31-25(22(3)30-29(32(41)37(30)31)23(4)33(42)47-46-18-6-2)21-45-27-19-24(7-8-26(27)35)9-10-38-11-14-39(15-12-38,16-13-38)20-28(36)40;1-6-9-18-10-11-20(28)21(14-18)34-15-19-16(4)23-22(17(5)26(31)36-35-13-8-3)25(30)29(23)24(19)27(32)33-12-7-2;9-8(12)7-11-4-1-10(2-5-11)3-6-11/h5-8,19,22-23,29-30H,1-2,9-18,20-21H2,3-4H3,(H-,36,40);7-8,10-11,14,16-17,22-23H,2-3,6,9,12-13,15H2,1,4-5H3;1-7H2,(H-,9,12)/q+1;;/p+2/t22-,23?,29?,30?,38?,39?;16-,17?,22?,23?;/m00./s1. The molecule has 95 heavy (non-hydrogen) atoms. The number of esters is 2. The van der Waals surface area contributed by atoms with Crippen LogP contribution in [0, 0.1) is 42.6 Å². The zero-order chi connectivity index (χ0) is 68.9. The van der Waals surface area contributed by atoms with Crippen LogP contribution in [0.3, 0.4) is 0 Å². The summed E-state index contributed by atoms with van der Waals surface area (Å²) in [5, 5.41) is 0. The minimum absolute atomic E-state index is 0.00453. The number of carbonyl (C=O) groups is 8. The van der Waals surface area contributed by atoms with Gasteiger partial charge < -0.3 is 53.7 Å².